The Morgan fingerprint density at radius 3 is 1.59 bits per heavy atom. The Balaban J connectivity index is 1.37. The lowest BCUT2D eigenvalue weighted by molar-refractivity contribution is -0.121. The number of carbonyl (C=O) groups is 2. The number of hydrogen-bond acceptors (Lipinski definition) is 4. The number of hydrogen-bond donors (Lipinski definition) is 0. The monoisotopic (exact) mass is 356 g/mol. The summed E-state index contributed by atoms with van der Waals surface area (Å²) >= 11 is 0. The first-order valence-electron chi connectivity index (χ1n) is 8.56. The summed E-state index contributed by atoms with van der Waals surface area (Å²) in [4.78, 5) is 24.0. The highest BCUT2D eigenvalue weighted by molar-refractivity contribution is 6.10. The average molecular weight is 356 g/mol. The van der Waals surface area contributed by atoms with E-state index >= 15 is 0 Å². The van der Waals surface area contributed by atoms with Crippen molar-refractivity contribution < 1.29 is 18.4 Å². The van der Waals surface area contributed by atoms with Gasteiger partial charge in [0.15, 0.2) is 11.6 Å². The largest absolute Gasteiger partial charge is 0.457 e. The molecule has 0 saturated heterocycles. The lowest BCUT2D eigenvalue weighted by Crippen LogP contribution is -2.01. The molecule has 0 amide bonds. The Morgan fingerprint density at radius 2 is 1.15 bits per heavy atom. The molecule has 0 bridgehead atoms. The van der Waals surface area contributed by atoms with Gasteiger partial charge in [-0.1, -0.05) is 36.4 Å². The van der Waals surface area contributed by atoms with E-state index in [-0.39, 0.29) is 18.0 Å². The molecule has 2 aromatic carbocycles. The molecule has 0 radical (unpaired) electrons. The van der Waals surface area contributed by atoms with E-state index in [0.717, 1.165) is 21.9 Å². The molecule has 0 atom stereocenters. The van der Waals surface area contributed by atoms with Crippen molar-refractivity contribution >= 4 is 45.7 Å². The van der Waals surface area contributed by atoms with Crippen LogP contribution in [0.1, 0.15) is 17.9 Å². The third-order valence-corrected chi connectivity index (χ3v) is 4.10. The quantitative estimate of drug-likeness (QED) is 0.341. The molecule has 0 aliphatic rings. The van der Waals surface area contributed by atoms with Gasteiger partial charge in [0.25, 0.3) is 0 Å². The van der Waals surface area contributed by atoms with Gasteiger partial charge in [-0.15, -0.1) is 0 Å². The van der Waals surface area contributed by atoms with Crippen LogP contribution < -0.4 is 0 Å². The fraction of sp³-hybridized carbons (Fsp3) is 0.0435. The molecule has 2 aromatic heterocycles. The highest BCUT2D eigenvalue weighted by atomic mass is 16.3. The van der Waals surface area contributed by atoms with Crippen molar-refractivity contribution in [1.29, 1.82) is 0 Å². The first-order chi connectivity index (χ1) is 13.2. The number of furan rings is 2. The second-order valence-corrected chi connectivity index (χ2v) is 6.15. The number of fused-ring (bicyclic) bond motifs is 2. The van der Waals surface area contributed by atoms with Crippen LogP contribution in [0.4, 0.5) is 0 Å². The van der Waals surface area contributed by atoms with Gasteiger partial charge in [-0.05, 0) is 48.6 Å². The maximum Gasteiger partial charge on any atom is 0.163 e. The van der Waals surface area contributed by atoms with Crippen LogP contribution in [0.3, 0.4) is 0 Å². The van der Waals surface area contributed by atoms with Gasteiger partial charge in [0.05, 0.1) is 6.42 Å². The molecule has 0 spiro atoms. The molecule has 132 valence electrons. The van der Waals surface area contributed by atoms with Crippen molar-refractivity contribution in [3.05, 3.63) is 84.3 Å². The van der Waals surface area contributed by atoms with Gasteiger partial charge in [-0.2, -0.15) is 0 Å². The fourth-order valence-corrected chi connectivity index (χ4v) is 2.81. The second kappa shape index (κ2) is 7.30. The minimum absolute atomic E-state index is 0.201. The average Bonchev–Trinajstić information content (AvgIpc) is 3.27. The van der Waals surface area contributed by atoms with Gasteiger partial charge in [-0.3, -0.25) is 9.59 Å². The standard InChI is InChI=1S/C23H16O4/c24-18(9-11-20-13-16-5-1-3-7-22(16)26-20)15-19(25)10-12-21-14-17-6-2-4-8-23(17)27-21/h1-14H,15H2. The third-order valence-electron chi connectivity index (χ3n) is 4.10. The molecule has 4 aromatic rings. The first-order valence-corrected chi connectivity index (χ1v) is 8.56. The van der Waals surface area contributed by atoms with Crippen molar-refractivity contribution in [1.82, 2.24) is 0 Å². The highest BCUT2D eigenvalue weighted by Crippen LogP contribution is 2.20. The van der Waals surface area contributed by atoms with Gasteiger partial charge in [0, 0.05) is 10.8 Å². The second-order valence-electron chi connectivity index (χ2n) is 6.15. The SMILES string of the molecule is O=C(C=Cc1cc2ccccc2o1)CC(=O)C=Cc1cc2ccccc2o1. The Hall–Kier alpha value is -3.66. The summed E-state index contributed by atoms with van der Waals surface area (Å²) in [6, 6.07) is 18.9. The van der Waals surface area contributed by atoms with E-state index in [1.165, 1.54) is 12.2 Å². The predicted molar refractivity (Wildman–Crippen MR) is 105 cm³/mol. The molecule has 4 heteroatoms. The zero-order valence-electron chi connectivity index (χ0n) is 14.4. The van der Waals surface area contributed by atoms with Crippen LogP contribution in [0.2, 0.25) is 0 Å². The molecule has 0 unspecified atom stereocenters. The molecular formula is C23H16O4. The summed E-state index contributed by atoms with van der Waals surface area (Å²) in [5.41, 5.74) is 1.52. The molecule has 0 aliphatic heterocycles. The normalized spacial score (nSPS) is 11.9. The lowest BCUT2D eigenvalue weighted by atomic mass is 10.1. The minimum Gasteiger partial charge on any atom is -0.457 e. The summed E-state index contributed by atoms with van der Waals surface area (Å²) < 4.78 is 11.2. The van der Waals surface area contributed by atoms with E-state index in [4.69, 9.17) is 8.83 Å². The molecule has 2 heterocycles. The summed E-state index contributed by atoms with van der Waals surface area (Å²) in [5.74, 6) is 0.592. The summed E-state index contributed by atoms with van der Waals surface area (Å²) in [7, 11) is 0. The van der Waals surface area contributed by atoms with Crippen LogP contribution in [0.5, 0.6) is 0 Å². The molecular weight excluding hydrogens is 340 g/mol. The van der Waals surface area contributed by atoms with Crippen LogP contribution >= 0.6 is 0 Å². The zero-order valence-corrected chi connectivity index (χ0v) is 14.4. The van der Waals surface area contributed by atoms with Crippen LogP contribution in [0, 0.1) is 0 Å². The van der Waals surface area contributed by atoms with E-state index in [2.05, 4.69) is 0 Å². The number of ketones is 2. The topological polar surface area (TPSA) is 60.4 Å². The molecule has 4 rings (SSSR count). The summed E-state index contributed by atoms with van der Waals surface area (Å²) in [6.07, 6.45) is 5.69. The number of rotatable bonds is 6. The van der Waals surface area contributed by atoms with Gasteiger partial charge in [0.1, 0.15) is 22.7 Å². The van der Waals surface area contributed by atoms with E-state index in [1.807, 2.05) is 60.7 Å². The van der Waals surface area contributed by atoms with Crippen molar-refractivity contribution in [3.8, 4) is 0 Å². The Kier molecular flexibility index (Phi) is 4.54. The van der Waals surface area contributed by atoms with Crippen molar-refractivity contribution in [2.24, 2.45) is 0 Å². The molecule has 4 nitrogen and oxygen atoms in total. The molecule has 0 saturated carbocycles. The van der Waals surface area contributed by atoms with Gasteiger partial charge in [-0.25, -0.2) is 0 Å². The number of para-hydroxylation sites is 2. The van der Waals surface area contributed by atoms with Crippen LogP contribution in [0.15, 0.2) is 81.7 Å². The Labute approximate surface area is 155 Å². The summed E-state index contributed by atoms with van der Waals surface area (Å²) in [5, 5.41) is 1.93. The first kappa shape index (κ1) is 16.8. The third kappa shape index (κ3) is 3.96. The Bertz CT molecular complexity index is 1030. The van der Waals surface area contributed by atoms with Crippen LogP contribution in [0.25, 0.3) is 34.1 Å². The van der Waals surface area contributed by atoms with E-state index in [0.29, 0.717) is 11.5 Å². The van der Waals surface area contributed by atoms with Crippen LogP contribution in [-0.4, -0.2) is 11.6 Å². The predicted octanol–water partition coefficient (Wildman–Crippen LogP) is 5.43. The fourth-order valence-electron chi connectivity index (χ4n) is 2.81. The van der Waals surface area contributed by atoms with E-state index < -0.39 is 0 Å². The highest BCUT2D eigenvalue weighted by Gasteiger charge is 2.06. The van der Waals surface area contributed by atoms with Crippen molar-refractivity contribution in [2.45, 2.75) is 6.42 Å². The zero-order chi connectivity index (χ0) is 18.6. The van der Waals surface area contributed by atoms with Gasteiger partial charge < -0.3 is 8.83 Å². The maximum atomic E-state index is 12.0. The maximum absolute atomic E-state index is 12.0. The number of allylic oxidation sites excluding steroid dienone is 2. The van der Waals surface area contributed by atoms with Crippen molar-refractivity contribution in [3.63, 3.8) is 0 Å². The van der Waals surface area contributed by atoms with Gasteiger partial charge in [0.2, 0.25) is 0 Å². The van der Waals surface area contributed by atoms with Crippen molar-refractivity contribution in [2.75, 3.05) is 0 Å². The number of benzene rings is 2. The Morgan fingerprint density at radius 1 is 0.704 bits per heavy atom. The van der Waals surface area contributed by atoms with E-state index in [1.54, 1.807) is 12.2 Å². The van der Waals surface area contributed by atoms with Crippen LogP contribution in [-0.2, 0) is 9.59 Å². The minimum atomic E-state index is -0.283. The van der Waals surface area contributed by atoms with Gasteiger partial charge >= 0.3 is 0 Å². The number of carbonyl (C=O) groups excluding carboxylic acids is 2. The molecule has 0 aliphatic carbocycles. The smallest absolute Gasteiger partial charge is 0.163 e. The van der Waals surface area contributed by atoms with E-state index in [9.17, 15) is 9.59 Å². The molecule has 0 N–H and O–H groups in total. The molecule has 0 fully saturated rings. The lowest BCUT2D eigenvalue weighted by Gasteiger charge is -1.90. The molecule has 27 heavy (non-hydrogen) atoms. The summed E-state index contributed by atoms with van der Waals surface area (Å²) in [6.45, 7) is 0.